The van der Waals surface area contributed by atoms with E-state index in [9.17, 15) is 4.79 Å². The van der Waals surface area contributed by atoms with Crippen LogP contribution in [0.3, 0.4) is 0 Å². The van der Waals surface area contributed by atoms with Crippen molar-refractivity contribution in [3.63, 3.8) is 0 Å². The second-order valence-corrected chi connectivity index (χ2v) is 7.32. The maximum atomic E-state index is 13.3. The molecule has 0 aliphatic rings. The van der Waals surface area contributed by atoms with Crippen LogP contribution in [0.2, 0.25) is 0 Å². The molecular weight excluding hydrogens is 388 g/mol. The van der Waals surface area contributed by atoms with Crippen LogP contribution in [0.15, 0.2) is 66.7 Å². The van der Waals surface area contributed by atoms with Gasteiger partial charge in [0.25, 0.3) is 5.91 Å². The SMILES string of the molecule is CCOc1ccc(N[C@@H](C(=O)Nc2cc(C)ccc2C)c2ccccc2)cc1OCC. The highest BCUT2D eigenvalue weighted by Crippen LogP contribution is 2.32. The number of amides is 1. The van der Waals surface area contributed by atoms with E-state index < -0.39 is 6.04 Å². The van der Waals surface area contributed by atoms with Crippen LogP contribution in [0.1, 0.15) is 36.6 Å². The van der Waals surface area contributed by atoms with E-state index in [1.165, 1.54) is 0 Å². The van der Waals surface area contributed by atoms with E-state index in [1.54, 1.807) is 0 Å². The van der Waals surface area contributed by atoms with E-state index in [0.717, 1.165) is 28.1 Å². The fourth-order valence-electron chi connectivity index (χ4n) is 3.33. The monoisotopic (exact) mass is 418 g/mol. The summed E-state index contributed by atoms with van der Waals surface area (Å²) in [6, 6.07) is 20.8. The van der Waals surface area contributed by atoms with Gasteiger partial charge in [-0.15, -0.1) is 0 Å². The third-order valence-electron chi connectivity index (χ3n) is 4.90. The minimum absolute atomic E-state index is 0.133. The molecule has 2 N–H and O–H groups in total. The van der Waals surface area contributed by atoms with Gasteiger partial charge < -0.3 is 20.1 Å². The number of benzene rings is 3. The Kier molecular flexibility index (Phi) is 7.55. The molecule has 0 fully saturated rings. The zero-order chi connectivity index (χ0) is 22.2. The number of carbonyl (C=O) groups excluding carboxylic acids is 1. The number of carbonyl (C=O) groups is 1. The second kappa shape index (κ2) is 10.5. The van der Waals surface area contributed by atoms with Crippen LogP contribution in [0.4, 0.5) is 11.4 Å². The molecule has 1 amide bonds. The Bertz CT molecular complexity index is 1020. The maximum Gasteiger partial charge on any atom is 0.251 e. The summed E-state index contributed by atoms with van der Waals surface area (Å²) in [5.41, 5.74) is 4.58. The van der Waals surface area contributed by atoms with Crippen LogP contribution in [0, 0.1) is 13.8 Å². The van der Waals surface area contributed by atoms with Gasteiger partial charge in [-0.1, -0.05) is 42.5 Å². The molecule has 0 aliphatic heterocycles. The molecule has 0 radical (unpaired) electrons. The first-order chi connectivity index (χ1) is 15.0. The molecule has 3 rings (SSSR count). The number of anilines is 2. The van der Waals surface area contributed by atoms with Crippen LogP contribution >= 0.6 is 0 Å². The van der Waals surface area contributed by atoms with Crippen molar-refractivity contribution in [2.45, 2.75) is 33.7 Å². The highest BCUT2D eigenvalue weighted by Gasteiger charge is 2.22. The molecule has 5 nitrogen and oxygen atoms in total. The predicted molar refractivity (Wildman–Crippen MR) is 126 cm³/mol. The number of ether oxygens (including phenoxy) is 2. The highest BCUT2D eigenvalue weighted by molar-refractivity contribution is 5.98. The number of nitrogens with one attached hydrogen (secondary N) is 2. The Morgan fingerprint density at radius 3 is 2.29 bits per heavy atom. The lowest BCUT2D eigenvalue weighted by atomic mass is 10.0. The fourth-order valence-corrected chi connectivity index (χ4v) is 3.33. The molecule has 0 heterocycles. The summed E-state index contributed by atoms with van der Waals surface area (Å²) in [5, 5.41) is 6.45. The minimum Gasteiger partial charge on any atom is -0.490 e. The van der Waals surface area contributed by atoms with Crippen molar-refractivity contribution < 1.29 is 14.3 Å². The molecule has 31 heavy (non-hydrogen) atoms. The van der Waals surface area contributed by atoms with Crippen molar-refractivity contribution in [1.82, 2.24) is 0 Å². The summed E-state index contributed by atoms with van der Waals surface area (Å²) in [4.78, 5) is 13.3. The lowest BCUT2D eigenvalue weighted by molar-refractivity contribution is -0.117. The van der Waals surface area contributed by atoms with Gasteiger partial charge >= 0.3 is 0 Å². The van der Waals surface area contributed by atoms with E-state index in [-0.39, 0.29) is 5.91 Å². The van der Waals surface area contributed by atoms with Gasteiger partial charge in [-0.25, -0.2) is 0 Å². The summed E-state index contributed by atoms with van der Waals surface area (Å²) in [6.07, 6.45) is 0. The van der Waals surface area contributed by atoms with Crippen LogP contribution < -0.4 is 20.1 Å². The largest absolute Gasteiger partial charge is 0.490 e. The third-order valence-corrected chi connectivity index (χ3v) is 4.90. The van der Waals surface area contributed by atoms with Gasteiger partial charge in [0, 0.05) is 17.4 Å². The van der Waals surface area contributed by atoms with Crippen molar-refractivity contribution in [2.75, 3.05) is 23.8 Å². The molecule has 0 spiro atoms. The van der Waals surface area contributed by atoms with E-state index >= 15 is 0 Å². The Morgan fingerprint density at radius 2 is 1.58 bits per heavy atom. The second-order valence-electron chi connectivity index (χ2n) is 7.32. The van der Waals surface area contributed by atoms with Crippen molar-refractivity contribution in [3.8, 4) is 11.5 Å². The molecule has 3 aromatic carbocycles. The Morgan fingerprint density at radius 1 is 0.871 bits per heavy atom. The van der Waals surface area contributed by atoms with Crippen LogP contribution in [0.5, 0.6) is 11.5 Å². The number of rotatable bonds is 9. The van der Waals surface area contributed by atoms with Crippen molar-refractivity contribution in [3.05, 3.63) is 83.4 Å². The van der Waals surface area contributed by atoms with Gasteiger partial charge in [-0.2, -0.15) is 0 Å². The molecule has 0 saturated heterocycles. The molecule has 3 aromatic rings. The summed E-state index contributed by atoms with van der Waals surface area (Å²) in [5.74, 6) is 1.20. The van der Waals surface area contributed by atoms with Crippen LogP contribution in [0.25, 0.3) is 0 Å². The molecule has 1 atom stereocenters. The first-order valence-corrected chi connectivity index (χ1v) is 10.6. The molecule has 0 aliphatic carbocycles. The minimum atomic E-state index is -0.575. The molecule has 5 heteroatoms. The quantitative estimate of drug-likeness (QED) is 0.455. The fraction of sp³-hybridized carbons (Fsp3) is 0.269. The van der Waals surface area contributed by atoms with Crippen molar-refractivity contribution in [2.24, 2.45) is 0 Å². The van der Waals surface area contributed by atoms with Gasteiger partial charge in [0.05, 0.1) is 13.2 Å². The van der Waals surface area contributed by atoms with E-state index in [1.807, 2.05) is 94.4 Å². The Hall–Kier alpha value is -3.47. The summed E-state index contributed by atoms with van der Waals surface area (Å²) in [6.45, 7) is 8.94. The summed E-state index contributed by atoms with van der Waals surface area (Å²) >= 11 is 0. The Balaban J connectivity index is 1.90. The van der Waals surface area contributed by atoms with Gasteiger partial charge in [0.15, 0.2) is 11.5 Å². The normalized spacial score (nSPS) is 11.5. The average Bonchev–Trinajstić information content (AvgIpc) is 2.77. The van der Waals surface area contributed by atoms with E-state index in [4.69, 9.17) is 9.47 Å². The summed E-state index contributed by atoms with van der Waals surface area (Å²) in [7, 11) is 0. The molecule has 0 aromatic heterocycles. The smallest absolute Gasteiger partial charge is 0.251 e. The van der Waals surface area contributed by atoms with Gasteiger partial charge in [-0.3, -0.25) is 4.79 Å². The van der Waals surface area contributed by atoms with Crippen LogP contribution in [-0.4, -0.2) is 19.1 Å². The van der Waals surface area contributed by atoms with E-state index in [2.05, 4.69) is 10.6 Å². The lowest BCUT2D eigenvalue weighted by Crippen LogP contribution is -2.27. The van der Waals surface area contributed by atoms with Gasteiger partial charge in [0.1, 0.15) is 6.04 Å². The zero-order valence-electron chi connectivity index (χ0n) is 18.6. The Labute approximate surface area is 184 Å². The summed E-state index contributed by atoms with van der Waals surface area (Å²) < 4.78 is 11.4. The topological polar surface area (TPSA) is 59.6 Å². The molecule has 162 valence electrons. The molecule has 0 bridgehead atoms. The predicted octanol–water partition coefficient (Wildman–Crippen LogP) is 5.89. The van der Waals surface area contributed by atoms with Crippen LogP contribution in [-0.2, 0) is 4.79 Å². The maximum absolute atomic E-state index is 13.3. The van der Waals surface area contributed by atoms with E-state index in [0.29, 0.717) is 24.7 Å². The first kappa shape index (κ1) is 22.2. The number of hydrogen-bond acceptors (Lipinski definition) is 4. The van der Waals surface area contributed by atoms with Crippen molar-refractivity contribution in [1.29, 1.82) is 0 Å². The molecule has 0 saturated carbocycles. The van der Waals surface area contributed by atoms with Crippen molar-refractivity contribution >= 4 is 17.3 Å². The molecule has 0 unspecified atom stereocenters. The number of aryl methyl sites for hydroxylation is 2. The average molecular weight is 419 g/mol. The van der Waals surface area contributed by atoms with Gasteiger partial charge in [-0.05, 0) is 62.6 Å². The first-order valence-electron chi connectivity index (χ1n) is 10.6. The number of hydrogen-bond donors (Lipinski definition) is 2. The lowest BCUT2D eigenvalue weighted by Gasteiger charge is -2.22. The highest BCUT2D eigenvalue weighted by atomic mass is 16.5. The standard InChI is InChI=1S/C26H30N2O3/c1-5-30-23-15-14-21(17-24(23)31-6-2)27-25(20-10-8-7-9-11-20)26(29)28-22-16-18(3)12-13-19(22)4/h7-17,25,27H,5-6H2,1-4H3,(H,28,29)/t25-/m1/s1. The zero-order valence-corrected chi connectivity index (χ0v) is 18.6. The third kappa shape index (κ3) is 5.79. The molecular formula is C26H30N2O3. The van der Waals surface area contributed by atoms with Gasteiger partial charge in [0.2, 0.25) is 0 Å².